The van der Waals surface area contributed by atoms with Crippen molar-refractivity contribution < 1.29 is 4.42 Å². The van der Waals surface area contributed by atoms with E-state index in [1.54, 1.807) is 0 Å². The predicted molar refractivity (Wildman–Crippen MR) is 190 cm³/mol. The van der Waals surface area contributed by atoms with Gasteiger partial charge in [0.05, 0.1) is 22.2 Å². The Balaban J connectivity index is 1.27. The summed E-state index contributed by atoms with van der Waals surface area (Å²) in [5, 5.41) is 8.02. The van der Waals surface area contributed by atoms with Crippen molar-refractivity contribution in [2.24, 2.45) is 0 Å². The number of furan rings is 1. The van der Waals surface area contributed by atoms with Crippen molar-refractivity contribution in [3.63, 3.8) is 0 Å². The first-order valence-corrected chi connectivity index (χ1v) is 15.5. The average Bonchev–Trinajstić information content (AvgIpc) is 3.66. The number of nitrogens with zero attached hydrogens (tertiary/aromatic N) is 3. The van der Waals surface area contributed by atoms with Crippen molar-refractivity contribution in [3.8, 4) is 28.3 Å². The molecule has 0 aliphatic heterocycles. The summed E-state index contributed by atoms with van der Waals surface area (Å²) in [4.78, 5) is 10.6. The Morgan fingerprint density at radius 2 is 1.20 bits per heavy atom. The highest BCUT2D eigenvalue weighted by molar-refractivity contribution is 6.14. The van der Waals surface area contributed by atoms with Gasteiger partial charge in [-0.05, 0) is 64.4 Å². The number of hydrogen-bond acceptors (Lipinski definition) is 3. The molecule has 46 heavy (non-hydrogen) atoms. The molecule has 0 unspecified atom stereocenters. The van der Waals surface area contributed by atoms with E-state index in [4.69, 9.17) is 14.4 Å². The Morgan fingerprint density at radius 1 is 0.457 bits per heavy atom. The van der Waals surface area contributed by atoms with Crippen LogP contribution < -0.4 is 0 Å². The Labute approximate surface area is 263 Å². The van der Waals surface area contributed by atoms with Crippen molar-refractivity contribution in [3.05, 3.63) is 152 Å². The van der Waals surface area contributed by atoms with Gasteiger partial charge in [-0.25, -0.2) is 9.97 Å². The quantitative estimate of drug-likeness (QED) is 0.207. The molecule has 0 N–H and O–H groups in total. The molecule has 0 aliphatic rings. The maximum atomic E-state index is 6.22. The fourth-order valence-electron chi connectivity index (χ4n) is 7.09. The third-order valence-corrected chi connectivity index (χ3v) is 9.18. The van der Waals surface area contributed by atoms with Crippen LogP contribution in [-0.2, 0) is 0 Å². The Hall–Kier alpha value is -6.26. The van der Waals surface area contributed by atoms with Gasteiger partial charge in [0.15, 0.2) is 0 Å². The fourth-order valence-corrected chi connectivity index (χ4v) is 7.09. The van der Waals surface area contributed by atoms with Crippen molar-refractivity contribution in [2.45, 2.75) is 0 Å². The van der Waals surface area contributed by atoms with Gasteiger partial charge >= 0.3 is 0 Å². The van der Waals surface area contributed by atoms with Gasteiger partial charge in [0.25, 0.3) is 0 Å². The third-order valence-electron chi connectivity index (χ3n) is 9.18. The number of hydrogen-bond donors (Lipinski definition) is 0. The van der Waals surface area contributed by atoms with Crippen LogP contribution in [0.4, 0.5) is 0 Å². The molecule has 3 heterocycles. The molecule has 0 saturated carbocycles. The van der Waals surface area contributed by atoms with E-state index in [0.717, 1.165) is 66.3 Å². The van der Waals surface area contributed by atoms with Gasteiger partial charge in [-0.1, -0.05) is 109 Å². The van der Waals surface area contributed by atoms with Crippen LogP contribution in [0, 0.1) is 0 Å². The minimum Gasteiger partial charge on any atom is -0.456 e. The molecule has 0 bridgehead atoms. The molecule has 0 fully saturated rings. The topological polar surface area (TPSA) is 43.9 Å². The minimum atomic E-state index is 0.656. The second-order valence-electron chi connectivity index (χ2n) is 11.8. The number of aromatic nitrogens is 3. The summed E-state index contributed by atoms with van der Waals surface area (Å²) >= 11 is 0. The molecule has 0 saturated heterocycles. The first-order valence-electron chi connectivity index (χ1n) is 15.5. The lowest BCUT2D eigenvalue weighted by molar-refractivity contribution is 0.669. The summed E-state index contributed by atoms with van der Waals surface area (Å²) in [6, 6.07) is 53.1. The molecule has 4 nitrogen and oxygen atoms in total. The molecule has 7 aromatic carbocycles. The predicted octanol–water partition coefficient (Wildman–Crippen LogP) is 11.1. The molecule has 0 atom stereocenters. The Bertz CT molecular complexity index is 2810. The summed E-state index contributed by atoms with van der Waals surface area (Å²) in [6.45, 7) is 0. The molecule has 10 rings (SSSR count). The molecule has 0 spiro atoms. The molecule has 214 valence electrons. The maximum Gasteiger partial charge on any atom is 0.235 e. The standard InChI is InChI=1S/C42H25N3O/c1-2-11-26(12-3-1)41-34-24-29(30-17-10-20-39-40(30)32-16-7-9-19-38(32)46-39)21-22-35(34)43-42(44-41)45-36-18-8-6-15-31(36)33-23-27-13-4-5-14-28(27)25-37(33)45/h1-25H. The largest absolute Gasteiger partial charge is 0.456 e. The van der Waals surface area contributed by atoms with Gasteiger partial charge in [-0.2, -0.15) is 0 Å². The van der Waals surface area contributed by atoms with Crippen LogP contribution in [-0.4, -0.2) is 14.5 Å². The second kappa shape index (κ2) is 9.62. The molecule has 0 amide bonds. The van der Waals surface area contributed by atoms with Crippen LogP contribution in [0.15, 0.2) is 156 Å². The molecular formula is C42H25N3O. The van der Waals surface area contributed by atoms with Crippen molar-refractivity contribution >= 4 is 65.4 Å². The first kappa shape index (κ1) is 25.1. The number of fused-ring (bicyclic) bond motifs is 8. The van der Waals surface area contributed by atoms with E-state index >= 15 is 0 Å². The van der Waals surface area contributed by atoms with Gasteiger partial charge in [0, 0.05) is 32.5 Å². The van der Waals surface area contributed by atoms with E-state index in [0.29, 0.717) is 5.95 Å². The summed E-state index contributed by atoms with van der Waals surface area (Å²) in [5.74, 6) is 0.656. The van der Waals surface area contributed by atoms with E-state index in [1.165, 1.54) is 21.5 Å². The zero-order valence-corrected chi connectivity index (χ0v) is 24.7. The third kappa shape index (κ3) is 3.67. The lowest BCUT2D eigenvalue weighted by Crippen LogP contribution is -2.03. The van der Waals surface area contributed by atoms with E-state index < -0.39 is 0 Å². The van der Waals surface area contributed by atoms with Gasteiger partial charge in [0.2, 0.25) is 5.95 Å². The zero-order valence-electron chi connectivity index (χ0n) is 24.7. The highest BCUT2D eigenvalue weighted by Crippen LogP contribution is 2.40. The second-order valence-corrected chi connectivity index (χ2v) is 11.8. The summed E-state index contributed by atoms with van der Waals surface area (Å²) in [6.07, 6.45) is 0. The van der Waals surface area contributed by atoms with E-state index in [2.05, 4.69) is 132 Å². The summed E-state index contributed by atoms with van der Waals surface area (Å²) in [5.41, 5.74) is 9.02. The van der Waals surface area contributed by atoms with Gasteiger partial charge in [-0.3, -0.25) is 4.57 Å². The van der Waals surface area contributed by atoms with Crippen LogP contribution in [0.2, 0.25) is 0 Å². The van der Waals surface area contributed by atoms with Gasteiger partial charge < -0.3 is 4.42 Å². The number of para-hydroxylation sites is 2. The Morgan fingerprint density at radius 3 is 2.09 bits per heavy atom. The molecule has 0 radical (unpaired) electrons. The van der Waals surface area contributed by atoms with E-state index in [1.807, 2.05) is 24.3 Å². The van der Waals surface area contributed by atoms with E-state index in [-0.39, 0.29) is 0 Å². The monoisotopic (exact) mass is 587 g/mol. The average molecular weight is 588 g/mol. The number of benzene rings is 7. The zero-order chi connectivity index (χ0) is 30.2. The smallest absolute Gasteiger partial charge is 0.235 e. The van der Waals surface area contributed by atoms with Crippen molar-refractivity contribution in [2.75, 3.05) is 0 Å². The fraction of sp³-hybridized carbons (Fsp3) is 0. The van der Waals surface area contributed by atoms with Crippen LogP contribution in [0.3, 0.4) is 0 Å². The minimum absolute atomic E-state index is 0.656. The summed E-state index contributed by atoms with van der Waals surface area (Å²) in [7, 11) is 0. The SMILES string of the molecule is c1ccc(-c2nc(-n3c4ccccc4c4cc5ccccc5cc43)nc3ccc(-c4cccc5oc6ccccc6c45)cc23)cc1. The molecular weight excluding hydrogens is 562 g/mol. The Kier molecular flexibility index (Phi) is 5.25. The van der Waals surface area contributed by atoms with E-state index in [9.17, 15) is 0 Å². The van der Waals surface area contributed by atoms with Crippen molar-refractivity contribution in [1.29, 1.82) is 0 Å². The highest BCUT2D eigenvalue weighted by Gasteiger charge is 2.19. The summed E-state index contributed by atoms with van der Waals surface area (Å²) < 4.78 is 8.44. The van der Waals surface area contributed by atoms with Crippen LogP contribution >= 0.6 is 0 Å². The normalized spacial score (nSPS) is 11.9. The van der Waals surface area contributed by atoms with Crippen LogP contribution in [0.1, 0.15) is 0 Å². The first-order chi connectivity index (χ1) is 22.8. The highest BCUT2D eigenvalue weighted by atomic mass is 16.3. The molecule has 3 aromatic heterocycles. The number of rotatable bonds is 3. The lowest BCUT2D eigenvalue weighted by Gasteiger charge is -2.13. The molecule has 10 aromatic rings. The van der Waals surface area contributed by atoms with Crippen molar-refractivity contribution in [1.82, 2.24) is 14.5 Å². The maximum absolute atomic E-state index is 6.22. The van der Waals surface area contributed by atoms with Crippen LogP contribution in [0.5, 0.6) is 0 Å². The lowest BCUT2D eigenvalue weighted by atomic mass is 9.97. The molecule has 0 aliphatic carbocycles. The van der Waals surface area contributed by atoms with Gasteiger partial charge in [0.1, 0.15) is 11.2 Å². The van der Waals surface area contributed by atoms with Gasteiger partial charge in [-0.15, -0.1) is 0 Å². The van der Waals surface area contributed by atoms with Crippen LogP contribution in [0.25, 0.3) is 93.8 Å². The molecule has 4 heteroatoms.